The zero-order chi connectivity index (χ0) is 13.7. The molecule has 5 nitrogen and oxygen atoms in total. The van der Waals surface area contributed by atoms with Crippen molar-refractivity contribution in [3.63, 3.8) is 0 Å². The Morgan fingerprint density at radius 3 is 2.78 bits per heavy atom. The van der Waals surface area contributed by atoms with Crippen LogP contribution in [0.1, 0.15) is 36.3 Å². The fourth-order valence-corrected chi connectivity index (χ4v) is 2.31. The summed E-state index contributed by atoms with van der Waals surface area (Å²) in [6.07, 6.45) is 0.376. The third-order valence-corrected chi connectivity index (χ3v) is 4.05. The predicted molar refractivity (Wildman–Crippen MR) is 74.2 cm³/mol. The average Bonchev–Trinajstić information content (AvgIpc) is 2.75. The molecular formula is C12H21N3O2S. The molecule has 1 aromatic rings. The predicted octanol–water partition coefficient (Wildman–Crippen LogP) is 1.63. The van der Waals surface area contributed by atoms with Crippen molar-refractivity contribution in [1.82, 2.24) is 9.69 Å². The molecule has 0 aliphatic rings. The first-order valence-corrected chi connectivity index (χ1v) is 6.88. The second-order valence-electron chi connectivity index (χ2n) is 4.39. The number of hydrogen-bond acceptors (Lipinski definition) is 5. The van der Waals surface area contributed by atoms with Gasteiger partial charge in [0.1, 0.15) is 5.00 Å². The lowest BCUT2D eigenvalue weighted by atomic mass is 10.0. The van der Waals surface area contributed by atoms with Crippen LogP contribution in [-0.4, -0.2) is 35.1 Å². The van der Waals surface area contributed by atoms with Crippen molar-refractivity contribution >= 4 is 22.4 Å². The van der Waals surface area contributed by atoms with Gasteiger partial charge in [-0.25, -0.2) is 0 Å². The molecule has 1 rings (SSSR count). The van der Waals surface area contributed by atoms with Gasteiger partial charge in [0.15, 0.2) is 0 Å². The van der Waals surface area contributed by atoms with E-state index in [0.717, 1.165) is 11.4 Å². The number of carbonyl (C=O) groups excluding carboxylic acids is 1. The summed E-state index contributed by atoms with van der Waals surface area (Å²) >= 11 is 1.27. The van der Waals surface area contributed by atoms with Gasteiger partial charge in [-0.1, -0.05) is 20.3 Å². The van der Waals surface area contributed by atoms with Crippen molar-refractivity contribution in [2.45, 2.75) is 33.3 Å². The van der Waals surface area contributed by atoms with Crippen LogP contribution in [0.5, 0.6) is 0 Å². The van der Waals surface area contributed by atoms with Crippen LogP contribution in [0.3, 0.4) is 0 Å². The number of aliphatic hydroxyl groups is 1. The van der Waals surface area contributed by atoms with Gasteiger partial charge in [0.25, 0.3) is 5.91 Å². The second kappa shape index (κ2) is 6.70. The van der Waals surface area contributed by atoms with Gasteiger partial charge >= 0.3 is 0 Å². The lowest BCUT2D eigenvalue weighted by molar-refractivity contribution is 0.0850. The van der Waals surface area contributed by atoms with Crippen LogP contribution in [0, 0.1) is 12.8 Å². The first-order valence-electron chi connectivity index (χ1n) is 6.11. The summed E-state index contributed by atoms with van der Waals surface area (Å²) < 4.78 is 4.14. The van der Waals surface area contributed by atoms with Gasteiger partial charge in [-0.05, 0) is 24.4 Å². The zero-order valence-electron chi connectivity index (χ0n) is 11.3. The molecule has 1 aromatic heterocycles. The van der Waals surface area contributed by atoms with Crippen molar-refractivity contribution in [1.29, 1.82) is 0 Å². The molecule has 3 N–H and O–H groups in total. The Hall–Kier alpha value is -1.14. The maximum atomic E-state index is 12.0. The number of hydrogen-bond donors (Lipinski definition) is 3. The third-order valence-electron chi connectivity index (χ3n) is 3.09. The summed E-state index contributed by atoms with van der Waals surface area (Å²) in [6, 6.07) is 0. The smallest absolute Gasteiger partial charge is 0.256 e. The zero-order valence-corrected chi connectivity index (χ0v) is 12.1. The van der Waals surface area contributed by atoms with E-state index in [-0.39, 0.29) is 18.4 Å². The molecule has 0 saturated carbocycles. The lowest BCUT2D eigenvalue weighted by Crippen LogP contribution is -2.35. The molecule has 0 aliphatic carbocycles. The number of amides is 1. The number of aromatic nitrogens is 1. The Morgan fingerprint density at radius 2 is 2.22 bits per heavy atom. The highest BCUT2D eigenvalue weighted by molar-refractivity contribution is 7.10. The molecule has 0 aliphatic heterocycles. The van der Waals surface area contributed by atoms with E-state index < -0.39 is 6.10 Å². The van der Waals surface area contributed by atoms with E-state index in [9.17, 15) is 9.90 Å². The molecule has 102 valence electrons. The molecule has 6 heteroatoms. The summed E-state index contributed by atoms with van der Waals surface area (Å²) in [5, 5.41) is 16.3. The minimum Gasteiger partial charge on any atom is -0.391 e. The number of carbonyl (C=O) groups is 1. The largest absolute Gasteiger partial charge is 0.391 e. The lowest BCUT2D eigenvalue weighted by Gasteiger charge is -2.17. The Morgan fingerprint density at radius 1 is 1.56 bits per heavy atom. The first kappa shape index (κ1) is 14.9. The fraction of sp³-hybridized carbons (Fsp3) is 0.667. The highest BCUT2D eigenvalue weighted by Crippen LogP contribution is 2.23. The van der Waals surface area contributed by atoms with Crippen molar-refractivity contribution in [2.24, 2.45) is 5.92 Å². The van der Waals surface area contributed by atoms with E-state index in [0.29, 0.717) is 11.3 Å². The van der Waals surface area contributed by atoms with E-state index in [2.05, 4.69) is 15.0 Å². The minimum atomic E-state index is -0.510. The van der Waals surface area contributed by atoms with Crippen molar-refractivity contribution in [2.75, 3.05) is 18.9 Å². The Bertz CT molecular complexity index is 406. The van der Waals surface area contributed by atoms with Crippen LogP contribution in [0.2, 0.25) is 0 Å². The number of rotatable bonds is 6. The van der Waals surface area contributed by atoms with Gasteiger partial charge in [-0.15, -0.1) is 0 Å². The Labute approximate surface area is 112 Å². The Balaban J connectivity index is 2.63. The summed E-state index contributed by atoms with van der Waals surface area (Å²) in [5.41, 5.74) is 1.28. The van der Waals surface area contributed by atoms with Gasteiger partial charge in [0.2, 0.25) is 0 Å². The Kier molecular flexibility index (Phi) is 5.55. The number of nitrogens with one attached hydrogen (secondary N) is 2. The van der Waals surface area contributed by atoms with Crippen molar-refractivity contribution in [3.8, 4) is 0 Å². The van der Waals surface area contributed by atoms with Crippen LogP contribution in [-0.2, 0) is 0 Å². The average molecular weight is 271 g/mol. The molecule has 2 unspecified atom stereocenters. The van der Waals surface area contributed by atoms with E-state index in [1.165, 1.54) is 11.5 Å². The molecule has 0 fully saturated rings. The second-order valence-corrected chi connectivity index (χ2v) is 5.16. The monoisotopic (exact) mass is 271 g/mol. The summed E-state index contributed by atoms with van der Waals surface area (Å²) in [5.74, 6) is -0.0104. The van der Waals surface area contributed by atoms with E-state index in [1.54, 1.807) is 14.0 Å². The van der Waals surface area contributed by atoms with Crippen LogP contribution >= 0.6 is 11.5 Å². The summed E-state index contributed by atoms with van der Waals surface area (Å²) in [6.45, 7) is 6.05. The molecule has 1 heterocycles. The van der Waals surface area contributed by atoms with Gasteiger partial charge in [0.05, 0.1) is 17.4 Å². The van der Waals surface area contributed by atoms with Crippen LogP contribution in [0.4, 0.5) is 5.00 Å². The van der Waals surface area contributed by atoms with Crippen molar-refractivity contribution in [3.05, 3.63) is 11.3 Å². The van der Waals surface area contributed by atoms with Gasteiger partial charge in [0, 0.05) is 13.6 Å². The van der Waals surface area contributed by atoms with E-state index in [4.69, 9.17) is 0 Å². The van der Waals surface area contributed by atoms with E-state index in [1.807, 2.05) is 13.8 Å². The molecule has 0 saturated heterocycles. The van der Waals surface area contributed by atoms with Gasteiger partial charge in [-0.2, -0.15) is 4.37 Å². The number of anilines is 1. The molecule has 1 amide bonds. The molecule has 18 heavy (non-hydrogen) atoms. The maximum Gasteiger partial charge on any atom is 0.256 e. The van der Waals surface area contributed by atoms with Gasteiger partial charge < -0.3 is 15.7 Å². The number of aryl methyl sites for hydroxylation is 1. The van der Waals surface area contributed by atoms with E-state index >= 15 is 0 Å². The van der Waals surface area contributed by atoms with Crippen LogP contribution in [0.25, 0.3) is 0 Å². The molecule has 0 aromatic carbocycles. The molecule has 0 radical (unpaired) electrons. The SMILES string of the molecule is CCC(C)C(O)CNC(=O)c1c(C)nsc1NC. The summed E-state index contributed by atoms with van der Waals surface area (Å²) in [7, 11) is 1.76. The summed E-state index contributed by atoms with van der Waals surface area (Å²) in [4.78, 5) is 12.0. The normalized spacial score (nSPS) is 14.1. The maximum absolute atomic E-state index is 12.0. The van der Waals surface area contributed by atoms with Gasteiger partial charge in [-0.3, -0.25) is 4.79 Å². The quantitative estimate of drug-likeness (QED) is 0.735. The number of nitrogens with zero attached hydrogens (tertiary/aromatic N) is 1. The third kappa shape index (κ3) is 3.43. The number of aliphatic hydroxyl groups excluding tert-OH is 1. The molecule has 0 spiro atoms. The first-order chi connectivity index (χ1) is 8.51. The fourth-order valence-electron chi connectivity index (χ4n) is 1.57. The highest BCUT2D eigenvalue weighted by atomic mass is 32.1. The topological polar surface area (TPSA) is 74.2 Å². The van der Waals surface area contributed by atoms with Crippen LogP contribution < -0.4 is 10.6 Å². The molecule has 0 bridgehead atoms. The standard InChI is InChI=1S/C12H21N3O2S/c1-5-7(2)9(16)6-14-11(17)10-8(3)15-18-12(10)13-4/h7,9,13,16H,5-6H2,1-4H3,(H,14,17). The van der Waals surface area contributed by atoms with Crippen LogP contribution in [0.15, 0.2) is 0 Å². The molecular weight excluding hydrogens is 250 g/mol. The molecule has 2 atom stereocenters. The van der Waals surface area contributed by atoms with Crippen molar-refractivity contribution < 1.29 is 9.90 Å². The highest BCUT2D eigenvalue weighted by Gasteiger charge is 2.19. The minimum absolute atomic E-state index is 0.177.